The average Bonchev–Trinajstić information content (AvgIpc) is 2.40. The summed E-state index contributed by atoms with van der Waals surface area (Å²) in [6, 6.07) is 3.60. The number of benzene rings is 1. The zero-order chi connectivity index (χ0) is 14.3. The summed E-state index contributed by atoms with van der Waals surface area (Å²) in [6.45, 7) is 2.65. The lowest BCUT2D eigenvalue weighted by Crippen LogP contribution is -2.20. The predicted molar refractivity (Wildman–Crippen MR) is 68.7 cm³/mol. The topological polar surface area (TPSA) is 96.9 Å². The van der Waals surface area contributed by atoms with Crippen LogP contribution in [0.3, 0.4) is 0 Å². The molecule has 0 unspecified atom stereocenters. The molecule has 7 heteroatoms. The van der Waals surface area contributed by atoms with Crippen molar-refractivity contribution in [3.8, 4) is 0 Å². The molecule has 4 N–H and O–H groups in total. The van der Waals surface area contributed by atoms with Crippen molar-refractivity contribution in [3.63, 3.8) is 0 Å². The lowest BCUT2D eigenvalue weighted by atomic mass is 10.1. The Balaban J connectivity index is 2.80. The predicted octanol–water partition coefficient (Wildman–Crippen LogP) is 1.29. The number of halogens is 1. The molecule has 1 amide bonds. The summed E-state index contributed by atoms with van der Waals surface area (Å²) in [5.74, 6) is -1.12. The second kappa shape index (κ2) is 7.32. The van der Waals surface area contributed by atoms with Gasteiger partial charge in [0, 0.05) is 12.2 Å². The van der Waals surface area contributed by atoms with Gasteiger partial charge in [-0.25, -0.2) is 4.39 Å². The van der Waals surface area contributed by atoms with Crippen LogP contribution in [0.4, 0.5) is 10.1 Å². The lowest BCUT2D eigenvalue weighted by Gasteiger charge is -2.10. The second-order valence-electron chi connectivity index (χ2n) is 3.67. The van der Waals surface area contributed by atoms with E-state index in [1.54, 1.807) is 0 Å². The van der Waals surface area contributed by atoms with Gasteiger partial charge in [0.25, 0.3) is 0 Å². The normalized spacial score (nSPS) is 11.4. The van der Waals surface area contributed by atoms with Crippen molar-refractivity contribution in [3.05, 3.63) is 29.6 Å². The highest BCUT2D eigenvalue weighted by atomic mass is 19.1. The molecule has 0 atom stereocenters. The third kappa shape index (κ3) is 4.55. The number of nitrogens with zero attached hydrogens (tertiary/aromatic N) is 1. The molecule has 0 saturated heterocycles. The molecule has 0 heterocycles. The van der Waals surface area contributed by atoms with Crippen molar-refractivity contribution >= 4 is 17.4 Å². The van der Waals surface area contributed by atoms with Crippen LogP contribution in [0.25, 0.3) is 0 Å². The molecule has 0 aliphatic heterocycles. The van der Waals surface area contributed by atoms with Gasteiger partial charge in [-0.1, -0.05) is 5.16 Å². The van der Waals surface area contributed by atoms with Crippen LogP contribution in [-0.4, -0.2) is 30.2 Å². The third-order valence-corrected chi connectivity index (χ3v) is 2.32. The van der Waals surface area contributed by atoms with Gasteiger partial charge in [-0.15, -0.1) is 0 Å². The van der Waals surface area contributed by atoms with E-state index < -0.39 is 5.82 Å². The number of rotatable bonds is 6. The molecule has 0 radical (unpaired) electrons. The van der Waals surface area contributed by atoms with Crippen molar-refractivity contribution in [1.29, 1.82) is 0 Å². The molecule has 0 saturated carbocycles. The molecule has 0 bridgehead atoms. The largest absolute Gasteiger partial charge is 0.409 e. The van der Waals surface area contributed by atoms with E-state index >= 15 is 0 Å². The number of oxime groups is 1. The van der Waals surface area contributed by atoms with E-state index in [1.807, 2.05) is 6.92 Å². The highest BCUT2D eigenvalue weighted by Crippen LogP contribution is 2.17. The zero-order valence-corrected chi connectivity index (χ0v) is 10.5. The molecule has 0 spiro atoms. The van der Waals surface area contributed by atoms with Gasteiger partial charge in [0.2, 0.25) is 5.91 Å². The molecule has 1 aromatic rings. The van der Waals surface area contributed by atoms with Crippen molar-refractivity contribution in [2.45, 2.75) is 13.3 Å². The SMILES string of the molecule is CCOCCC(=O)Nc1ccc(F)cc1/C(N)=N/O. The van der Waals surface area contributed by atoms with Gasteiger partial charge in [0.15, 0.2) is 5.84 Å². The van der Waals surface area contributed by atoms with Crippen molar-refractivity contribution in [2.75, 3.05) is 18.5 Å². The summed E-state index contributed by atoms with van der Waals surface area (Å²) in [5.41, 5.74) is 5.81. The summed E-state index contributed by atoms with van der Waals surface area (Å²) in [7, 11) is 0. The molecule has 0 aliphatic carbocycles. The van der Waals surface area contributed by atoms with Crippen LogP contribution in [0.15, 0.2) is 23.4 Å². The number of ether oxygens (including phenoxy) is 1. The van der Waals surface area contributed by atoms with Crippen LogP contribution in [0.1, 0.15) is 18.9 Å². The Morgan fingerprint density at radius 2 is 2.32 bits per heavy atom. The molecule has 0 fully saturated rings. The smallest absolute Gasteiger partial charge is 0.226 e. The van der Waals surface area contributed by atoms with Crippen molar-refractivity contribution in [1.82, 2.24) is 0 Å². The number of anilines is 1. The summed E-state index contributed by atoms with van der Waals surface area (Å²) in [6.07, 6.45) is 0.167. The number of carbonyl (C=O) groups is 1. The maximum atomic E-state index is 13.1. The number of amides is 1. The minimum atomic E-state index is -0.547. The Labute approximate surface area is 110 Å². The Hall–Kier alpha value is -2.15. The van der Waals surface area contributed by atoms with E-state index in [0.717, 1.165) is 6.07 Å². The minimum Gasteiger partial charge on any atom is -0.409 e. The van der Waals surface area contributed by atoms with Crippen molar-refractivity contribution in [2.24, 2.45) is 10.9 Å². The maximum absolute atomic E-state index is 13.1. The van der Waals surface area contributed by atoms with Crippen molar-refractivity contribution < 1.29 is 19.1 Å². The van der Waals surface area contributed by atoms with Crippen LogP contribution < -0.4 is 11.1 Å². The van der Waals surface area contributed by atoms with E-state index in [1.165, 1.54) is 12.1 Å². The molecule has 0 aliphatic rings. The van der Waals surface area contributed by atoms with Crippen LogP contribution >= 0.6 is 0 Å². The van der Waals surface area contributed by atoms with Crippen LogP contribution in [0.2, 0.25) is 0 Å². The van der Waals surface area contributed by atoms with Crippen LogP contribution in [0, 0.1) is 5.82 Å². The number of nitrogens with one attached hydrogen (secondary N) is 1. The van der Waals surface area contributed by atoms with E-state index in [0.29, 0.717) is 13.2 Å². The average molecular weight is 269 g/mol. The second-order valence-corrected chi connectivity index (χ2v) is 3.67. The van der Waals surface area contributed by atoms with Crippen LogP contribution in [0.5, 0.6) is 0 Å². The molecule has 6 nitrogen and oxygen atoms in total. The molecule has 104 valence electrons. The highest BCUT2D eigenvalue weighted by molar-refractivity contribution is 6.05. The lowest BCUT2D eigenvalue weighted by molar-refractivity contribution is -0.117. The van der Waals surface area contributed by atoms with E-state index in [9.17, 15) is 9.18 Å². The third-order valence-electron chi connectivity index (χ3n) is 2.32. The van der Waals surface area contributed by atoms with Gasteiger partial charge in [-0.2, -0.15) is 0 Å². The van der Waals surface area contributed by atoms with Gasteiger partial charge in [0.05, 0.1) is 18.7 Å². The first kappa shape index (κ1) is 14.9. The number of nitrogens with two attached hydrogens (primary N) is 1. The fourth-order valence-electron chi connectivity index (χ4n) is 1.41. The van der Waals surface area contributed by atoms with E-state index in [-0.39, 0.29) is 29.4 Å². The summed E-state index contributed by atoms with van der Waals surface area (Å²) >= 11 is 0. The first-order valence-corrected chi connectivity index (χ1v) is 5.73. The number of amidine groups is 1. The monoisotopic (exact) mass is 269 g/mol. The number of hydrogen-bond acceptors (Lipinski definition) is 4. The first-order chi connectivity index (χ1) is 9.08. The van der Waals surface area contributed by atoms with E-state index in [4.69, 9.17) is 15.7 Å². The summed E-state index contributed by atoms with van der Waals surface area (Å²) < 4.78 is 18.2. The standard InChI is InChI=1S/C12H16FN3O3/c1-2-19-6-5-11(17)15-10-4-3-8(13)7-9(10)12(14)16-18/h3-4,7,18H,2,5-6H2,1H3,(H2,14,16)(H,15,17). The van der Waals surface area contributed by atoms with Gasteiger partial charge in [-0.3, -0.25) is 4.79 Å². The summed E-state index contributed by atoms with van der Waals surface area (Å²) in [5, 5.41) is 14.0. The number of hydrogen-bond donors (Lipinski definition) is 3. The summed E-state index contributed by atoms with van der Waals surface area (Å²) in [4.78, 5) is 11.6. The molecule has 19 heavy (non-hydrogen) atoms. The van der Waals surface area contributed by atoms with Gasteiger partial charge in [-0.05, 0) is 25.1 Å². The maximum Gasteiger partial charge on any atom is 0.226 e. The minimum absolute atomic E-state index is 0.118. The molecule has 1 rings (SSSR count). The fraction of sp³-hybridized carbons (Fsp3) is 0.333. The first-order valence-electron chi connectivity index (χ1n) is 5.73. The van der Waals surface area contributed by atoms with Gasteiger partial charge < -0.3 is 21.0 Å². The van der Waals surface area contributed by atoms with Gasteiger partial charge >= 0.3 is 0 Å². The molecular formula is C12H16FN3O3. The molecule has 0 aromatic heterocycles. The molecular weight excluding hydrogens is 253 g/mol. The zero-order valence-electron chi connectivity index (χ0n) is 10.5. The van der Waals surface area contributed by atoms with E-state index in [2.05, 4.69) is 10.5 Å². The Kier molecular flexibility index (Phi) is 5.74. The molecule has 1 aromatic carbocycles. The Morgan fingerprint density at radius 1 is 1.58 bits per heavy atom. The quantitative estimate of drug-likeness (QED) is 0.238. The Morgan fingerprint density at radius 3 is 2.95 bits per heavy atom. The number of carbonyl (C=O) groups excluding carboxylic acids is 1. The fourth-order valence-corrected chi connectivity index (χ4v) is 1.41. The highest BCUT2D eigenvalue weighted by Gasteiger charge is 2.11. The van der Waals surface area contributed by atoms with Crippen LogP contribution in [-0.2, 0) is 9.53 Å². The van der Waals surface area contributed by atoms with Gasteiger partial charge in [0.1, 0.15) is 5.82 Å². The Bertz CT molecular complexity index is 477.